The summed E-state index contributed by atoms with van der Waals surface area (Å²) in [6, 6.07) is 7.99. The van der Waals surface area contributed by atoms with Crippen LogP contribution in [0.3, 0.4) is 0 Å². The number of amides is 3. The summed E-state index contributed by atoms with van der Waals surface area (Å²) in [7, 11) is 0. The third-order valence-corrected chi connectivity index (χ3v) is 5.21. The van der Waals surface area contributed by atoms with Crippen molar-refractivity contribution in [3.8, 4) is 0 Å². The van der Waals surface area contributed by atoms with Gasteiger partial charge in [-0.15, -0.1) is 0 Å². The van der Waals surface area contributed by atoms with E-state index < -0.39 is 29.0 Å². The van der Waals surface area contributed by atoms with Gasteiger partial charge in [-0.3, -0.25) is 28.7 Å². The second-order valence-electron chi connectivity index (χ2n) is 7.98. The SMILES string of the molecule is CCn1c(=O)[nH]c(=O)c2c(C(=O)NCc3ccc(C(=O)NCC(N)=O)cc3)cc(C(C)C)nc21. The fraction of sp³-hybridized carbons (Fsp3) is 0.304. The molecule has 0 unspecified atom stereocenters. The highest BCUT2D eigenvalue weighted by molar-refractivity contribution is 6.05. The highest BCUT2D eigenvalue weighted by Crippen LogP contribution is 2.20. The predicted molar refractivity (Wildman–Crippen MR) is 126 cm³/mol. The quantitative estimate of drug-likeness (QED) is 0.374. The molecule has 0 fully saturated rings. The molecule has 0 spiro atoms. The van der Waals surface area contributed by atoms with Crippen LogP contribution in [0.5, 0.6) is 0 Å². The van der Waals surface area contributed by atoms with Gasteiger partial charge in [0.1, 0.15) is 0 Å². The number of carbonyl (C=O) groups excluding carboxylic acids is 3. The average molecular weight is 466 g/mol. The molecule has 0 aliphatic heterocycles. The Hall–Kier alpha value is -4.28. The Morgan fingerprint density at radius 2 is 1.76 bits per heavy atom. The molecule has 1 aromatic carbocycles. The van der Waals surface area contributed by atoms with Gasteiger partial charge in [0.2, 0.25) is 5.91 Å². The van der Waals surface area contributed by atoms with Crippen LogP contribution in [0.15, 0.2) is 39.9 Å². The first-order valence-corrected chi connectivity index (χ1v) is 10.7. The lowest BCUT2D eigenvalue weighted by molar-refractivity contribution is -0.117. The summed E-state index contributed by atoms with van der Waals surface area (Å²) in [5.74, 6) is -1.62. The van der Waals surface area contributed by atoms with Crippen molar-refractivity contribution >= 4 is 28.8 Å². The van der Waals surface area contributed by atoms with E-state index in [4.69, 9.17) is 5.73 Å². The number of aromatic nitrogens is 3. The van der Waals surface area contributed by atoms with Gasteiger partial charge in [-0.2, -0.15) is 0 Å². The number of hydrogen-bond donors (Lipinski definition) is 4. The number of nitrogens with zero attached hydrogens (tertiary/aromatic N) is 2. The number of nitrogens with two attached hydrogens (primary N) is 1. The zero-order valence-electron chi connectivity index (χ0n) is 19.1. The van der Waals surface area contributed by atoms with E-state index in [2.05, 4.69) is 20.6 Å². The molecule has 5 N–H and O–H groups in total. The number of H-pyrrole nitrogens is 1. The molecule has 3 aromatic rings. The molecule has 11 nitrogen and oxygen atoms in total. The second-order valence-corrected chi connectivity index (χ2v) is 7.98. The highest BCUT2D eigenvalue weighted by Gasteiger charge is 2.20. The van der Waals surface area contributed by atoms with Crippen molar-refractivity contribution in [2.45, 2.75) is 39.8 Å². The number of nitrogens with one attached hydrogen (secondary N) is 3. The molecule has 0 bridgehead atoms. The normalized spacial score (nSPS) is 10.9. The van der Waals surface area contributed by atoms with Gasteiger partial charge in [0.05, 0.1) is 17.5 Å². The van der Waals surface area contributed by atoms with E-state index in [1.165, 1.54) is 4.57 Å². The predicted octanol–water partition coefficient (Wildman–Crippen LogP) is 0.373. The first-order valence-electron chi connectivity index (χ1n) is 10.7. The first kappa shape index (κ1) is 24.4. The molecule has 0 aliphatic rings. The van der Waals surface area contributed by atoms with E-state index in [0.717, 1.165) is 0 Å². The van der Waals surface area contributed by atoms with Crippen molar-refractivity contribution in [1.82, 2.24) is 25.2 Å². The Balaban J connectivity index is 1.87. The number of aryl methyl sites for hydroxylation is 1. The van der Waals surface area contributed by atoms with Gasteiger partial charge in [-0.05, 0) is 36.6 Å². The Morgan fingerprint density at radius 3 is 2.35 bits per heavy atom. The Bertz CT molecular complexity index is 1370. The molecule has 34 heavy (non-hydrogen) atoms. The van der Waals surface area contributed by atoms with Crippen LogP contribution in [-0.4, -0.2) is 38.8 Å². The molecule has 0 aliphatic carbocycles. The van der Waals surface area contributed by atoms with E-state index in [9.17, 15) is 24.0 Å². The summed E-state index contributed by atoms with van der Waals surface area (Å²) >= 11 is 0. The molecule has 2 aromatic heterocycles. The molecule has 0 saturated carbocycles. The van der Waals surface area contributed by atoms with Gasteiger partial charge in [0.25, 0.3) is 17.4 Å². The highest BCUT2D eigenvalue weighted by atomic mass is 16.2. The van der Waals surface area contributed by atoms with Gasteiger partial charge in [-0.25, -0.2) is 9.78 Å². The number of carbonyl (C=O) groups is 3. The molecule has 3 rings (SSSR count). The molecule has 0 saturated heterocycles. The summed E-state index contributed by atoms with van der Waals surface area (Å²) in [4.78, 5) is 67.4. The summed E-state index contributed by atoms with van der Waals surface area (Å²) in [6.07, 6.45) is 0. The van der Waals surface area contributed by atoms with Crippen LogP contribution in [0.4, 0.5) is 0 Å². The fourth-order valence-electron chi connectivity index (χ4n) is 3.38. The summed E-state index contributed by atoms with van der Waals surface area (Å²) < 4.78 is 1.32. The van der Waals surface area contributed by atoms with Crippen LogP contribution >= 0.6 is 0 Å². The second kappa shape index (κ2) is 10.1. The molecule has 11 heteroatoms. The Kier molecular flexibility index (Phi) is 7.24. The van der Waals surface area contributed by atoms with Gasteiger partial charge in [0, 0.05) is 24.3 Å². The van der Waals surface area contributed by atoms with Crippen molar-refractivity contribution in [2.24, 2.45) is 5.73 Å². The van der Waals surface area contributed by atoms with E-state index in [0.29, 0.717) is 16.8 Å². The molecule has 3 amide bonds. The molecule has 0 radical (unpaired) electrons. The minimum absolute atomic E-state index is 0.0381. The third-order valence-electron chi connectivity index (χ3n) is 5.21. The maximum atomic E-state index is 13.1. The number of fused-ring (bicyclic) bond motifs is 1. The average Bonchev–Trinajstić information content (AvgIpc) is 2.80. The smallest absolute Gasteiger partial charge is 0.329 e. The third kappa shape index (κ3) is 5.20. The minimum atomic E-state index is -0.677. The summed E-state index contributed by atoms with van der Waals surface area (Å²) in [6.45, 7) is 5.70. The van der Waals surface area contributed by atoms with E-state index in [-0.39, 0.29) is 42.1 Å². The van der Waals surface area contributed by atoms with Crippen molar-refractivity contribution < 1.29 is 14.4 Å². The maximum Gasteiger partial charge on any atom is 0.329 e. The Morgan fingerprint density at radius 1 is 1.09 bits per heavy atom. The van der Waals surface area contributed by atoms with Crippen molar-refractivity contribution in [2.75, 3.05) is 6.54 Å². The van der Waals surface area contributed by atoms with Gasteiger partial charge in [0.15, 0.2) is 5.65 Å². The molecule has 0 atom stereocenters. The first-order chi connectivity index (χ1) is 16.1. The lowest BCUT2D eigenvalue weighted by Gasteiger charge is -2.14. The summed E-state index contributed by atoms with van der Waals surface area (Å²) in [5, 5.41) is 5.21. The number of pyridine rings is 1. The Labute approximate surface area is 194 Å². The van der Waals surface area contributed by atoms with Crippen LogP contribution in [0.25, 0.3) is 11.0 Å². The van der Waals surface area contributed by atoms with Gasteiger partial charge < -0.3 is 16.4 Å². The topological polar surface area (TPSA) is 169 Å². The van der Waals surface area contributed by atoms with Crippen LogP contribution < -0.4 is 27.6 Å². The molecule has 2 heterocycles. The van der Waals surface area contributed by atoms with Gasteiger partial charge in [-0.1, -0.05) is 26.0 Å². The number of aromatic amines is 1. The zero-order valence-corrected chi connectivity index (χ0v) is 19.1. The van der Waals surface area contributed by atoms with Crippen LogP contribution in [0.1, 0.15) is 58.7 Å². The molecular weight excluding hydrogens is 440 g/mol. The minimum Gasteiger partial charge on any atom is -0.368 e. The van der Waals surface area contributed by atoms with Crippen LogP contribution in [-0.2, 0) is 17.9 Å². The van der Waals surface area contributed by atoms with Crippen molar-refractivity contribution in [1.29, 1.82) is 0 Å². The van der Waals surface area contributed by atoms with Crippen molar-refractivity contribution in [3.05, 3.63) is 73.6 Å². The van der Waals surface area contributed by atoms with Crippen molar-refractivity contribution in [3.63, 3.8) is 0 Å². The van der Waals surface area contributed by atoms with Crippen LogP contribution in [0.2, 0.25) is 0 Å². The lowest BCUT2D eigenvalue weighted by atomic mass is 10.0. The largest absolute Gasteiger partial charge is 0.368 e. The number of primary amides is 1. The van der Waals surface area contributed by atoms with E-state index in [1.54, 1.807) is 37.3 Å². The monoisotopic (exact) mass is 466 g/mol. The fourth-order valence-corrected chi connectivity index (χ4v) is 3.38. The number of hydrogen-bond acceptors (Lipinski definition) is 6. The van der Waals surface area contributed by atoms with E-state index >= 15 is 0 Å². The zero-order chi connectivity index (χ0) is 25.0. The standard InChI is InChI=1S/C23H26N6O5/c1-4-29-19-18(22(33)28-23(29)34)15(9-16(27-19)12(2)3)21(32)25-10-13-5-7-14(8-6-13)20(31)26-11-17(24)30/h5-9,12H,4,10-11H2,1-3H3,(H2,24,30)(H,25,32)(H,26,31)(H,28,33,34). The molecular formula is C23H26N6O5. The number of benzene rings is 1. The maximum absolute atomic E-state index is 13.1. The van der Waals surface area contributed by atoms with E-state index in [1.807, 2.05) is 13.8 Å². The lowest BCUT2D eigenvalue weighted by Crippen LogP contribution is -2.33. The van der Waals surface area contributed by atoms with Crippen LogP contribution in [0, 0.1) is 0 Å². The van der Waals surface area contributed by atoms with Gasteiger partial charge >= 0.3 is 5.69 Å². The summed E-state index contributed by atoms with van der Waals surface area (Å²) in [5.41, 5.74) is 5.67. The molecule has 178 valence electrons. The number of rotatable bonds is 8.